The molecule has 6 atom stereocenters. The van der Waals surface area contributed by atoms with E-state index >= 15 is 0 Å². The van der Waals surface area contributed by atoms with E-state index in [1.807, 2.05) is 53.7 Å². The molecule has 2 fully saturated rings. The number of nitrogens with zero attached hydrogens (tertiary/aromatic N) is 4. The van der Waals surface area contributed by atoms with E-state index in [1.54, 1.807) is 12.3 Å². The minimum absolute atomic E-state index is 0. The fourth-order valence-corrected chi connectivity index (χ4v) is 6.66. The molecule has 2 aromatic heterocycles. The van der Waals surface area contributed by atoms with Crippen LogP contribution in [0.2, 0.25) is 0 Å². The summed E-state index contributed by atoms with van der Waals surface area (Å²) in [7, 11) is 0. The molecule has 2 bridgehead atoms. The summed E-state index contributed by atoms with van der Waals surface area (Å²) in [5, 5.41) is 2.83. The predicted molar refractivity (Wildman–Crippen MR) is 171 cm³/mol. The van der Waals surface area contributed by atoms with Crippen LogP contribution in [0.15, 0.2) is 28.8 Å². The Labute approximate surface area is 293 Å². The molecular formula is C35H44N5O7V-. The van der Waals surface area contributed by atoms with Crippen molar-refractivity contribution in [1.29, 1.82) is 0 Å². The van der Waals surface area contributed by atoms with Crippen molar-refractivity contribution in [2.45, 2.75) is 110 Å². The average molecular weight is 698 g/mol. The zero-order chi connectivity index (χ0) is 33.5. The summed E-state index contributed by atoms with van der Waals surface area (Å²) in [4.78, 5) is 55.0. The molecule has 0 spiro atoms. The van der Waals surface area contributed by atoms with Gasteiger partial charge in [-0.25, -0.2) is 26.0 Å². The van der Waals surface area contributed by atoms with Gasteiger partial charge in [0.25, 0.3) is 0 Å². The van der Waals surface area contributed by atoms with Gasteiger partial charge in [-0.2, -0.15) is 0 Å². The Morgan fingerprint density at radius 1 is 1.15 bits per heavy atom. The Balaban J connectivity index is 0.00000451. The Morgan fingerprint density at radius 3 is 2.65 bits per heavy atom. The summed E-state index contributed by atoms with van der Waals surface area (Å²) in [5.41, 5.74) is 0.824. The van der Waals surface area contributed by atoms with E-state index in [0.29, 0.717) is 40.7 Å². The Morgan fingerprint density at radius 2 is 1.94 bits per heavy atom. The molecule has 4 heterocycles. The zero-order valence-corrected chi connectivity index (χ0v) is 29.8. The van der Waals surface area contributed by atoms with Gasteiger partial charge in [0.2, 0.25) is 17.7 Å². The van der Waals surface area contributed by atoms with Crippen LogP contribution in [-0.2, 0) is 45.9 Å². The van der Waals surface area contributed by atoms with Crippen LogP contribution in [0.1, 0.15) is 84.1 Å². The molecule has 3 aromatic rings. The summed E-state index contributed by atoms with van der Waals surface area (Å²) >= 11 is 0. The normalized spacial score (nSPS) is 28.0. The van der Waals surface area contributed by atoms with Gasteiger partial charge in [-0.1, -0.05) is 46.6 Å². The summed E-state index contributed by atoms with van der Waals surface area (Å²) in [5.74, 6) is 1.64. The first kappa shape index (κ1) is 35.7. The number of ether oxygens (including phenoxy) is 3. The van der Waals surface area contributed by atoms with Gasteiger partial charge < -0.3 is 33.6 Å². The minimum Gasteiger partial charge on any atom is -0.540 e. The van der Waals surface area contributed by atoms with Crippen molar-refractivity contribution in [1.82, 2.24) is 25.2 Å². The number of carbonyl (C=O) groups is 2. The number of hydrogen-bond acceptors (Lipinski definition) is 10. The average Bonchev–Trinajstić information content (AvgIpc) is 3.28. The Kier molecular flexibility index (Phi) is 10.5. The number of oxazole rings is 1. The number of nitrogens with one attached hydrogen (secondary N) is 1. The van der Waals surface area contributed by atoms with Gasteiger partial charge in [-0.05, 0) is 63.0 Å². The molecule has 0 unspecified atom stereocenters. The van der Waals surface area contributed by atoms with E-state index in [-0.39, 0.29) is 49.5 Å². The standard InChI is InChI=1S/C35H44N5O7.V/c1-20-16-36-29(45-20)19-44-23-12-13-24-26(14-23)38-31-25(37-24)11-9-7-8-10-22-15-35(22,6)47-33(43)39-30(34(3,4)5)32(42)40-17-28(46-31)21(2)27(40)18-41;/h12-14,16,21-22,27-28,30H,7-11,15,17,19H2,1-6H3,(H,39,43);/q-1;/t21-,22+,27+,28-,30+,35+;/m0./s1. The molecule has 257 valence electrons. The molecule has 2 amide bonds. The van der Waals surface area contributed by atoms with Crippen molar-refractivity contribution in [3.8, 4) is 11.6 Å². The molecule has 13 heteroatoms. The molecule has 3 aliphatic rings. The van der Waals surface area contributed by atoms with E-state index in [1.165, 1.54) is 4.90 Å². The first-order valence-electron chi connectivity index (χ1n) is 16.5. The number of aromatic nitrogens is 3. The summed E-state index contributed by atoms with van der Waals surface area (Å²) in [6, 6.07) is 3.72. The largest absolute Gasteiger partial charge is 0.540 e. The molecule has 1 saturated carbocycles. The van der Waals surface area contributed by atoms with E-state index in [4.69, 9.17) is 28.6 Å². The van der Waals surface area contributed by atoms with Crippen molar-refractivity contribution in [2.24, 2.45) is 17.3 Å². The molecular weight excluding hydrogens is 653 g/mol. The number of hydrogen-bond donors (Lipinski definition) is 1. The minimum atomic E-state index is -0.925. The molecule has 1 aliphatic carbocycles. The molecule has 2 aliphatic heterocycles. The Bertz CT molecular complexity index is 1660. The van der Waals surface area contributed by atoms with Gasteiger partial charge in [0.05, 0.1) is 23.8 Å². The van der Waals surface area contributed by atoms with Gasteiger partial charge in [-0.3, -0.25) is 4.79 Å². The van der Waals surface area contributed by atoms with Crippen LogP contribution < -0.4 is 14.8 Å². The van der Waals surface area contributed by atoms with Crippen molar-refractivity contribution < 1.29 is 51.6 Å². The second-order valence-corrected chi connectivity index (χ2v) is 14.5. The quantitative estimate of drug-likeness (QED) is 0.359. The number of amides is 2. The fourth-order valence-electron chi connectivity index (χ4n) is 6.66. The van der Waals surface area contributed by atoms with Crippen LogP contribution in [-0.4, -0.2) is 68.5 Å². The third-order valence-corrected chi connectivity index (χ3v) is 9.69. The molecule has 1 saturated heterocycles. The third kappa shape index (κ3) is 7.65. The van der Waals surface area contributed by atoms with Crippen LogP contribution in [0.4, 0.5) is 4.79 Å². The first-order chi connectivity index (χ1) is 22.3. The number of aryl methyl sites for hydroxylation is 2. The van der Waals surface area contributed by atoms with E-state index in [0.717, 1.165) is 37.8 Å². The van der Waals surface area contributed by atoms with Crippen molar-refractivity contribution in [3.63, 3.8) is 0 Å². The third-order valence-electron chi connectivity index (χ3n) is 9.69. The summed E-state index contributed by atoms with van der Waals surface area (Å²) < 4.78 is 23.9. The van der Waals surface area contributed by atoms with Crippen LogP contribution >= 0.6 is 0 Å². The smallest absolute Gasteiger partial charge is 0.408 e. The molecule has 1 N–H and O–H groups in total. The van der Waals surface area contributed by atoms with Crippen molar-refractivity contribution >= 4 is 29.3 Å². The van der Waals surface area contributed by atoms with E-state index in [2.05, 4.69) is 16.6 Å². The molecule has 48 heavy (non-hydrogen) atoms. The van der Waals surface area contributed by atoms with Crippen LogP contribution in [0.5, 0.6) is 11.6 Å². The van der Waals surface area contributed by atoms with Crippen LogP contribution in [0.25, 0.3) is 11.0 Å². The Hall–Kier alpha value is -3.64. The molecule has 1 radical (unpaired) electrons. The monoisotopic (exact) mass is 697 g/mol. The maximum absolute atomic E-state index is 14.1. The van der Waals surface area contributed by atoms with Gasteiger partial charge >= 0.3 is 6.09 Å². The van der Waals surface area contributed by atoms with Gasteiger partial charge in [-0.15, -0.1) is 0 Å². The molecule has 6 rings (SSSR count). The maximum atomic E-state index is 14.1. The summed E-state index contributed by atoms with van der Waals surface area (Å²) in [6.07, 6.45) is 7.76. The van der Waals surface area contributed by atoms with Crippen LogP contribution in [0, 0.1) is 24.2 Å². The number of carbonyl (C=O) groups excluding carboxylic acids is 3. The SMILES string of the molecule is Cc1cnc(COc2ccc3nc4c(nc3c2)O[C@H]2CN(C(=O)[C@H](C(C)(C)C)NC(=O)O[C@]3(C)C[C@H]3CCCCC4)[C@H]([C-]=O)[C@@H]2C)o1.[V]. The van der Waals surface area contributed by atoms with E-state index in [9.17, 15) is 14.4 Å². The fraction of sp³-hybridized carbons (Fsp3) is 0.600. The van der Waals surface area contributed by atoms with Gasteiger partial charge in [0.1, 0.15) is 35.0 Å². The number of fused-ring (bicyclic) bond motifs is 5. The predicted octanol–water partition coefficient (Wildman–Crippen LogP) is 5.24. The number of alkyl carbamates (subject to hydrolysis) is 1. The van der Waals surface area contributed by atoms with Crippen LogP contribution in [0.3, 0.4) is 0 Å². The van der Waals surface area contributed by atoms with Crippen molar-refractivity contribution in [3.05, 3.63) is 41.7 Å². The second-order valence-electron chi connectivity index (χ2n) is 14.5. The first-order valence-corrected chi connectivity index (χ1v) is 16.5. The van der Waals surface area contributed by atoms with Crippen molar-refractivity contribution in [2.75, 3.05) is 6.54 Å². The topological polar surface area (TPSA) is 146 Å². The number of benzene rings is 1. The molecule has 12 nitrogen and oxygen atoms in total. The second kappa shape index (κ2) is 14.1. The zero-order valence-electron chi connectivity index (χ0n) is 28.4. The van der Waals surface area contributed by atoms with E-state index < -0.39 is 35.3 Å². The number of rotatable bonds is 4. The maximum Gasteiger partial charge on any atom is 0.408 e. The van der Waals surface area contributed by atoms with Gasteiger partial charge in [0.15, 0.2) is 6.61 Å². The summed E-state index contributed by atoms with van der Waals surface area (Å²) in [6.45, 7) is 11.6. The molecule has 1 aromatic carbocycles. The van der Waals surface area contributed by atoms with Gasteiger partial charge in [0, 0.05) is 30.5 Å².